The van der Waals surface area contributed by atoms with Gasteiger partial charge in [0.05, 0.1) is 11.9 Å². The van der Waals surface area contributed by atoms with Crippen molar-refractivity contribution in [3.63, 3.8) is 0 Å². The van der Waals surface area contributed by atoms with E-state index >= 15 is 0 Å². The molecule has 0 radical (unpaired) electrons. The van der Waals surface area contributed by atoms with E-state index in [1.165, 1.54) is 12.1 Å². The topological polar surface area (TPSA) is 9.23 Å². The second kappa shape index (κ2) is 6.54. The molecule has 0 saturated carbocycles. The quantitative estimate of drug-likeness (QED) is 0.501. The number of hydrogen-bond acceptors (Lipinski definition) is 1. The van der Waals surface area contributed by atoms with Crippen LogP contribution in [0.25, 0.3) is 0 Å². The summed E-state index contributed by atoms with van der Waals surface area (Å²) in [5.74, 6) is -0.556. The first kappa shape index (κ1) is 15.9. The Morgan fingerprint density at radius 2 is 1.65 bits per heavy atom. The Kier molecular flexibility index (Phi) is 5.20. The fourth-order valence-corrected chi connectivity index (χ4v) is 3.92. The highest BCUT2D eigenvalue weighted by molar-refractivity contribution is 9.11. The number of ether oxygens (including phenoxy) is 1. The SMILES string of the molecule is COc1ccc(C(Br)c2c(F)cc(Br)cc2F)c(Br)c1. The van der Waals surface area contributed by atoms with Crippen LogP contribution in [0.4, 0.5) is 8.78 Å². The van der Waals surface area contributed by atoms with Gasteiger partial charge < -0.3 is 4.74 Å². The van der Waals surface area contributed by atoms with E-state index in [2.05, 4.69) is 47.8 Å². The molecule has 0 aliphatic rings. The first-order chi connectivity index (χ1) is 9.43. The van der Waals surface area contributed by atoms with Gasteiger partial charge in [0.25, 0.3) is 0 Å². The third kappa shape index (κ3) is 3.23. The highest BCUT2D eigenvalue weighted by Gasteiger charge is 2.22. The molecule has 2 aromatic rings. The average molecular weight is 471 g/mol. The Labute approximate surface area is 140 Å². The maximum absolute atomic E-state index is 14.0. The van der Waals surface area contributed by atoms with Crippen LogP contribution in [0.15, 0.2) is 39.3 Å². The van der Waals surface area contributed by atoms with Crippen LogP contribution in [-0.2, 0) is 0 Å². The van der Waals surface area contributed by atoms with E-state index in [-0.39, 0.29) is 5.56 Å². The molecule has 0 N–H and O–H groups in total. The standard InChI is InChI=1S/C14H9Br3F2O/c1-20-8-2-3-9(10(16)6-8)14(17)13-11(18)4-7(15)5-12(13)19/h2-6,14H,1H3. The molecule has 20 heavy (non-hydrogen) atoms. The molecule has 0 bridgehead atoms. The molecule has 0 amide bonds. The van der Waals surface area contributed by atoms with Gasteiger partial charge in [-0.2, -0.15) is 0 Å². The predicted octanol–water partition coefficient (Wildman–Crippen LogP) is 5.98. The van der Waals surface area contributed by atoms with E-state index in [1.807, 2.05) is 0 Å². The molecule has 0 spiro atoms. The molecule has 6 heteroatoms. The van der Waals surface area contributed by atoms with E-state index in [9.17, 15) is 8.78 Å². The smallest absolute Gasteiger partial charge is 0.131 e. The summed E-state index contributed by atoms with van der Waals surface area (Å²) in [4.78, 5) is -0.601. The number of benzene rings is 2. The largest absolute Gasteiger partial charge is 0.497 e. The number of alkyl halides is 1. The molecule has 1 nitrogen and oxygen atoms in total. The highest BCUT2D eigenvalue weighted by atomic mass is 79.9. The van der Waals surface area contributed by atoms with Gasteiger partial charge in [-0.05, 0) is 29.8 Å². The van der Waals surface area contributed by atoms with Crippen molar-refractivity contribution in [2.24, 2.45) is 0 Å². The van der Waals surface area contributed by atoms with Gasteiger partial charge in [0.1, 0.15) is 17.4 Å². The first-order valence-corrected chi connectivity index (χ1v) is 8.06. The molecule has 1 unspecified atom stereocenters. The summed E-state index contributed by atoms with van der Waals surface area (Å²) in [6.07, 6.45) is 0. The molecule has 106 valence electrons. The number of halogens is 5. The van der Waals surface area contributed by atoms with Gasteiger partial charge in [-0.3, -0.25) is 0 Å². The lowest BCUT2D eigenvalue weighted by Crippen LogP contribution is -2.02. The summed E-state index contributed by atoms with van der Waals surface area (Å²) in [7, 11) is 1.56. The van der Waals surface area contributed by atoms with E-state index in [0.29, 0.717) is 20.3 Å². The Balaban J connectivity index is 2.49. The van der Waals surface area contributed by atoms with Gasteiger partial charge in [-0.1, -0.05) is 53.9 Å². The maximum Gasteiger partial charge on any atom is 0.131 e. The van der Waals surface area contributed by atoms with E-state index < -0.39 is 16.5 Å². The van der Waals surface area contributed by atoms with Crippen molar-refractivity contribution in [2.45, 2.75) is 4.83 Å². The summed E-state index contributed by atoms with van der Waals surface area (Å²) in [6, 6.07) is 7.72. The Bertz CT molecular complexity index is 623. The zero-order chi connectivity index (χ0) is 14.9. The van der Waals surface area contributed by atoms with Crippen LogP contribution in [0.1, 0.15) is 16.0 Å². The number of hydrogen-bond donors (Lipinski definition) is 0. The van der Waals surface area contributed by atoms with Crippen molar-refractivity contribution >= 4 is 47.8 Å². The second-order valence-corrected chi connectivity index (χ2v) is 6.72. The van der Waals surface area contributed by atoms with Crippen molar-refractivity contribution in [3.8, 4) is 5.75 Å². The molecule has 0 aliphatic carbocycles. The van der Waals surface area contributed by atoms with Crippen molar-refractivity contribution in [1.82, 2.24) is 0 Å². The lowest BCUT2D eigenvalue weighted by Gasteiger charge is -2.15. The third-order valence-corrected chi connectivity index (χ3v) is 4.87. The molecule has 2 rings (SSSR count). The summed E-state index contributed by atoms with van der Waals surface area (Å²) >= 11 is 9.80. The molecule has 0 fully saturated rings. The van der Waals surface area contributed by atoms with Gasteiger partial charge >= 0.3 is 0 Å². The fraction of sp³-hybridized carbons (Fsp3) is 0.143. The van der Waals surface area contributed by atoms with Gasteiger partial charge in [0.15, 0.2) is 0 Å². The summed E-state index contributed by atoms with van der Waals surface area (Å²) in [5.41, 5.74) is 0.685. The van der Waals surface area contributed by atoms with E-state index in [0.717, 1.165) is 0 Å². The van der Waals surface area contributed by atoms with Gasteiger partial charge in [0.2, 0.25) is 0 Å². The van der Waals surface area contributed by atoms with Gasteiger partial charge in [0, 0.05) is 14.5 Å². The molecule has 0 heterocycles. The number of methoxy groups -OCH3 is 1. The van der Waals surface area contributed by atoms with Crippen LogP contribution in [-0.4, -0.2) is 7.11 Å². The first-order valence-electron chi connectivity index (χ1n) is 5.56. The van der Waals surface area contributed by atoms with Crippen LogP contribution in [0.3, 0.4) is 0 Å². The maximum atomic E-state index is 14.0. The molecule has 1 atom stereocenters. The molecule has 2 aromatic carbocycles. The zero-order valence-corrected chi connectivity index (χ0v) is 15.0. The molecular formula is C14H9Br3F2O. The van der Waals surface area contributed by atoms with Crippen molar-refractivity contribution in [2.75, 3.05) is 7.11 Å². The van der Waals surface area contributed by atoms with Gasteiger partial charge in [-0.25, -0.2) is 8.78 Å². The lowest BCUT2D eigenvalue weighted by atomic mass is 10.0. The van der Waals surface area contributed by atoms with E-state index in [1.54, 1.807) is 25.3 Å². The summed E-state index contributed by atoms with van der Waals surface area (Å²) < 4.78 is 34.1. The molecule has 0 saturated heterocycles. The van der Waals surface area contributed by atoms with E-state index in [4.69, 9.17) is 4.74 Å². The Morgan fingerprint density at radius 1 is 1.05 bits per heavy atom. The highest BCUT2D eigenvalue weighted by Crippen LogP contribution is 2.39. The number of rotatable bonds is 3. The summed E-state index contributed by atoms with van der Waals surface area (Å²) in [5, 5.41) is 0. The Hall–Kier alpha value is -0.460. The minimum atomic E-state index is -0.610. The van der Waals surface area contributed by atoms with Crippen LogP contribution < -0.4 is 4.74 Å². The third-order valence-electron chi connectivity index (χ3n) is 2.78. The van der Waals surface area contributed by atoms with Crippen molar-refractivity contribution in [3.05, 3.63) is 62.0 Å². The van der Waals surface area contributed by atoms with Crippen molar-refractivity contribution in [1.29, 1.82) is 0 Å². The molecular weight excluding hydrogens is 462 g/mol. The van der Waals surface area contributed by atoms with Crippen molar-refractivity contribution < 1.29 is 13.5 Å². The minimum Gasteiger partial charge on any atom is -0.497 e. The predicted molar refractivity (Wildman–Crippen MR) is 85.5 cm³/mol. The monoisotopic (exact) mass is 468 g/mol. The minimum absolute atomic E-state index is 0.0286. The Morgan fingerprint density at radius 3 is 2.15 bits per heavy atom. The summed E-state index contributed by atoms with van der Waals surface area (Å²) in [6.45, 7) is 0. The van der Waals surface area contributed by atoms with Gasteiger partial charge in [-0.15, -0.1) is 0 Å². The zero-order valence-electron chi connectivity index (χ0n) is 10.3. The van der Waals surface area contributed by atoms with Crippen LogP contribution in [0.5, 0.6) is 5.75 Å². The molecule has 0 aromatic heterocycles. The molecule has 0 aliphatic heterocycles. The average Bonchev–Trinajstić information content (AvgIpc) is 2.37. The lowest BCUT2D eigenvalue weighted by molar-refractivity contribution is 0.414. The normalized spacial score (nSPS) is 12.3. The van der Waals surface area contributed by atoms with Crippen LogP contribution >= 0.6 is 47.8 Å². The second-order valence-electron chi connectivity index (χ2n) is 4.03. The van der Waals surface area contributed by atoms with Crippen LogP contribution in [0, 0.1) is 11.6 Å². The van der Waals surface area contributed by atoms with Crippen LogP contribution in [0.2, 0.25) is 0 Å². The fourth-order valence-electron chi connectivity index (χ4n) is 1.79.